The van der Waals surface area contributed by atoms with Crippen LogP contribution >= 0.6 is 0 Å². The number of nitrogens with zero attached hydrogens (tertiary/aromatic N) is 3. The SMILES string of the molecule is N=C(N)Cc1ccccc1.O=[N+]([O-])c1cc([N+](=O)[O-])c(O)c([N+](=O)[O-])c1. The average Bonchev–Trinajstić information content (AvgIpc) is 2.55. The van der Waals surface area contributed by atoms with Gasteiger partial charge < -0.3 is 10.8 Å². The van der Waals surface area contributed by atoms with E-state index in [-0.39, 0.29) is 5.84 Å². The van der Waals surface area contributed by atoms with E-state index in [1.807, 2.05) is 30.3 Å². The average molecular weight is 363 g/mol. The van der Waals surface area contributed by atoms with Crippen LogP contribution in [0.5, 0.6) is 5.75 Å². The monoisotopic (exact) mass is 363 g/mol. The van der Waals surface area contributed by atoms with E-state index >= 15 is 0 Å². The molecule has 0 saturated heterocycles. The number of phenolic OH excluding ortho intramolecular Hbond substituents is 1. The zero-order chi connectivity index (χ0) is 19.9. The first-order valence-corrected chi connectivity index (χ1v) is 6.80. The normalized spacial score (nSPS) is 9.54. The number of nitro benzene ring substituents is 3. The Morgan fingerprint density at radius 1 is 0.962 bits per heavy atom. The first-order valence-electron chi connectivity index (χ1n) is 6.80. The summed E-state index contributed by atoms with van der Waals surface area (Å²) in [6.07, 6.45) is 0.556. The molecule has 12 nitrogen and oxygen atoms in total. The van der Waals surface area contributed by atoms with Crippen molar-refractivity contribution in [3.63, 3.8) is 0 Å². The lowest BCUT2D eigenvalue weighted by atomic mass is 10.1. The van der Waals surface area contributed by atoms with Crippen molar-refractivity contribution in [3.05, 3.63) is 78.4 Å². The molecule has 0 aromatic heterocycles. The smallest absolute Gasteiger partial charge is 0.324 e. The minimum atomic E-state index is -1.21. The Labute approximate surface area is 145 Å². The number of non-ortho nitro benzene ring substituents is 1. The van der Waals surface area contributed by atoms with E-state index in [0.717, 1.165) is 5.56 Å². The van der Waals surface area contributed by atoms with Gasteiger partial charge in [0.25, 0.3) is 11.4 Å². The van der Waals surface area contributed by atoms with Gasteiger partial charge in [-0.15, -0.1) is 0 Å². The maximum Gasteiger partial charge on any atom is 0.324 e. The fourth-order valence-corrected chi connectivity index (χ4v) is 1.79. The number of benzene rings is 2. The number of amidine groups is 1. The summed E-state index contributed by atoms with van der Waals surface area (Å²) in [5, 5.41) is 47.2. The highest BCUT2D eigenvalue weighted by molar-refractivity contribution is 5.79. The predicted octanol–water partition coefficient (Wildman–Crippen LogP) is 2.28. The third kappa shape index (κ3) is 5.52. The summed E-state index contributed by atoms with van der Waals surface area (Å²) in [6.45, 7) is 0. The Hall–Kier alpha value is -4.09. The summed E-state index contributed by atoms with van der Waals surface area (Å²) in [7, 11) is 0. The zero-order valence-corrected chi connectivity index (χ0v) is 13.1. The van der Waals surface area contributed by atoms with Crippen molar-refractivity contribution in [2.45, 2.75) is 6.42 Å². The molecule has 0 heterocycles. The maximum atomic E-state index is 10.4. The Kier molecular flexibility index (Phi) is 6.66. The van der Waals surface area contributed by atoms with Crippen molar-refractivity contribution in [1.82, 2.24) is 0 Å². The summed E-state index contributed by atoms with van der Waals surface area (Å²) >= 11 is 0. The number of nitrogens with two attached hydrogens (primary N) is 1. The summed E-state index contributed by atoms with van der Waals surface area (Å²) in [5.74, 6) is -0.994. The summed E-state index contributed by atoms with van der Waals surface area (Å²) in [6, 6.07) is 10.6. The van der Waals surface area contributed by atoms with E-state index in [4.69, 9.17) is 16.2 Å². The van der Waals surface area contributed by atoms with Crippen molar-refractivity contribution in [1.29, 1.82) is 5.41 Å². The van der Waals surface area contributed by atoms with Gasteiger partial charge in [-0.3, -0.25) is 35.8 Å². The number of nitrogens with one attached hydrogen (secondary N) is 1. The molecule has 0 atom stereocenters. The predicted molar refractivity (Wildman–Crippen MR) is 90.1 cm³/mol. The lowest BCUT2D eigenvalue weighted by molar-refractivity contribution is -0.404. The van der Waals surface area contributed by atoms with E-state index in [1.165, 1.54) is 0 Å². The molecule has 0 radical (unpaired) electrons. The summed E-state index contributed by atoms with van der Waals surface area (Å²) in [4.78, 5) is 27.8. The third-order valence-corrected chi connectivity index (χ3v) is 2.90. The van der Waals surface area contributed by atoms with E-state index in [1.54, 1.807) is 0 Å². The largest absolute Gasteiger partial charge is 0.497 e. The van der Waals surface area contributed by atoms with E-state index in [2.05, 4.69) is 0 Å². The van der Waals surface area contributed by atoms with Crippen molar-refractivity contribution in [2.75, 3.05) is 0 Å². The molecule has 0 amide bonds. The number of phenols is 1. The minimum absolute atomic E-state index is 0.214. The van der Waals surface area contributed by atoms with E-state index in [9.17, 15) is 30.3 Å². The molecule has 0 aliphatic heterocycles. The molecular formula is C14H13N5O7. The molecule has 26 heavy (non-hydrogen) atoms. The van der Waals surface area contributed by atoms with Crippen molar-refractivity contribution < 1.29 is 19.9 Å². The van der Waals surface area contributed by atoms with Crippen LogP contribution in [0.1, 0.15) is 5.56 Å². The second-order valence-corrected chi connectivity index (χ2v) is 4.79. The molecule has 12 heteroatoms. The van der Waals surface area contributed by atoms with Gasteiger partial charge >= 0.3 is 11.4 Å². The molecule has 0 fully saturated rings. The lowest BCUT2D eigenvalue weighted by Crippen LogP contribution is -2.12. The molecule has 2 aromatic rings. The van der Waals surface area contributed by atoms with E-state index < -0.39 is 37.6 Å². The van der Waals surface area contributed by atoms with Gasteiger partial charge in [0.05, 0.1) is 32.7 Å². The van der Waals surface area contributed by atoms with Crippen LogP contribution in [0.15, 0.2) is 42.5 Å². The lowest BCUT2D eigenvalue weighted by Gasteiger charge is -1.97. The molecule has 136 valence electrons. The van der Waals surface area contributed by atoms with Crippen LogP contribution in [-0.2, 0) is 6.42 Å². The number of aromatic hydroxyl groups is 1. The highest BCUT2D eigenvalue weighted by atomic mass is 16.6. The quantitative estimate of drug-likeness (QED) is 0.310. The van der Waals surface area contributed by atoms with Crippen LogP contribution in [0.3, 0.4) is 0 Å². The zero-order valence-electron chi connectivity index (χ0n) is 13.1. The van der Waals surface area contributed by atoms with Crippen molar-refractivity contribution in [2.24, 2.45) is 5.73 Å². The van der Waals surface area contributed by atoms with Gasteiger partial charge in [0.1, 0.15) is 0 Å². The molecule has 4 N–H and O–H groups in total. The van der Waals surface area contributed by atoms with E-state index in [0.29, 0.717) is 18.6 Å². The molecular weight excluding hydrogens is 350 g/mol. The van der Waals surface area contributed by atoms with Crippen LogP contribution in [0.4, 0.5) is 17.1 Å². The number of nitro groups is 3. The van der Waals surface area contributed by atoms with Gasteiger partial charge in [0.2, 0.25) is 0 Å². The highest BCUT2D eigenvalue weighted by Gasteiger charge is 2.30. The summed E-state index contributed by atoms with van der Waals surface area (Å²) in [5.41, 5.74) is 3.30. The second-order valence-electron chi connectivity index (χ2n) is 4.79. The standard InChI is InChI=1S/C8H10N2.C6H3N3O7/c9-8(10)6-7-4-2-1-3-5-7;10-6-4(8(13)14)1-3(7(11)12)2-5(6)9(15)16/h1-5H,6H2,(H3,9,10);1-2,10H. The Morgan fingerprint density at radius 3 is 1.77 bits per heavy atom. The van der Waals surface area contributed by atoms with Crippen LogP contribution in [0, 0.1) is 35.8 Å². The van der Waals surface area contributed by atoms with Crippen LogP contribution in [0.25, 0.3) is 0 Å². The molecule has 0 unspecified atom stereocenters. The van der Waals surface area contributed by atoms with Crippen LogP contribution in [0.2, 0.25) is 0 Å². The molecule has 0 bridgehead atoms. The van der Waals surface area contributed by atoms with Crippen LogP contribution in [-0.4, -0.2) is 25.7 Å². The number of hydrogen-bond acceptors (Lipinski definition) is 8. The molecule has 0 saturated carbocycles. The minimum Gasteiger partial charge on any atom is -0.497 e. The fraction of sp³-hybridized carbons (Fsp3) is 0.0714. The van der Waals surface area contributed by atoms with Crippen LogP contribution < -0.4 is 5.73 Å². The topological polar surface area (TPSA) is 200 Å². The van der Waals surface area contributed by atoms with Gasteiger partial charge in [-0.25, -0.2) is 0 Å². The first-order chi connectivity index (χ1) is 12.1. The highest BCUT2D eigenvalue weighted by Crippen LogP contribution is 2.38. The van der Waals surface area contributed by atoms with Gasteiger partial charge in [-0.05, 0) is 5.56 Å². The molecule has 0 spiro atoms. The summed E-state index contributed by atoms with van der Waals surface area (Å²) < 4.78 is 0. The Bertz CT molecular complexity index is 819. The first kappa shape index (κ1) is 20.0. The van der Waals surface area contributed by atoms with Crippen molar-refractivity contribution in [3.8, 4) is 5.75 Å². The van der Waals surface area contributed by atoms with Gasteiger partial charge in [0, 0.05) is 6.42 Å². The molecule has 2 rings (SSSR count). The Balaban J connectivity index is 0.000000289. The number of hydrogen-bond donors (Lipinski definition) is 3. The second kappa shape index (κ2) is 8.68. The molecule has 0 aliphatic rings. The van der Waals surface area contributed by atoms with Gasteiger partial charge in [0.15, 0.2) is 0 Å². The maximum absolute atomic E-state index is 10.4. The Morgan fingerprint density at radius 2 is 1.42 bits per heavy atom. The van der Waals surface area contributed by atoms with Gasteiger partial charge in [-0.1, -0.05) is 30.3 Å². The number of rotatable bonds is 5. The molecule has 2 aromatic carbocycles. The fourth-order valence-electron chi connectivity index (χ4n) is 1.79. The third-order valence-electron chi connectivity index (χ3n) is 2.90. The van der Waals surface area contributed by atoms with Crippen molar-refractivity contribution >= 4 is 22.9 Å². The molecule has 0 aliphatic carbocycles. The van der Waals surface area contributed by atoms with Gasteiger partial charge in [-0.2, -0.15) is 0 Å².